The van der Waals surface area contributed by atoms with Crippen molar-refractivity contribution in [2.75, 3.05) is 0 Å². The lowest BCUT2D eigenvalue weighted by Crippen LogP contribution is -2.62. The van der Waals surface area contributed by atoms with Gasteiger partial charge < -0.3 is 16.0 Å². The zero-order chi connectivity index (χ0) is 22.2. The summed E-state index contributed by atoms with van der Waals surface area (Å²) in [6.07, 6.45) is 12.5. The monoisotopic (exact) mass is 539 g/mol. The third kappa shape index (κ3) is 6.44. The molecule has 2 aliphatic rings. The minimum absolute atomic E-state index is 0.0488. The van der Waals surface area contributed by atoms with E-state index in [4.69, 9.17) is 5.73 Å². The number of carbonyl (C=O) groups excluding carboxylic acids is 2. The largest absolute Gasteiger partial charge is 0.352 e. The summed E-state index contributed by atoms with van der Waals surface area (Å²) in [5.74, 6) is -0.107. The third-order valence-corrected chi connectivity index (χ3v) is 7.79. The van der Waals surface area contributed by atoms with Gasteiger partial charge in [0, 0.05) is 21.7 Å². The quantitative estimate of drug-likeness (QED) is 0.456. The Labute approximate surface area is 201 Å². The molecular formula is C25H38IN3O2. The Kier molecular flexibility index (Phi) is 9.63. The lowest BCUT2D eigenvalue weighted by molar-refractivity contribution is -0.128. The number of hydrogen-bond acceptors (Lipinski definition) is 3. The van der Waals surface area contributed by atoms with Gasteiger partial charge in [-0.05, 0) is 66.8 Å². The molecule has 1 aromatic carbocycles. The van der Waals surface area contributed by atoms with Crippen molar-refractivity contribution >= 4 is 34.4 Å². The summed E-state index contributed by atoms with van der Waals surface area (Å²) in [5.41, 5.74) is 7.31. The number of benzene rings is 1. The second kappa shape index (κ2) is 12.2. The summed E-state index contributed by atoms with van der Waals surface area (Å²) in [6.45, 7) is 2.09. The molecule has 2 atom stereocenters. The summed E-state index contributed by atoms with van der Waals surface area (Å²) in [5, 5.41) is 3.28. The van der Waals surface area contributed by atoms with Crippen LogP contribution >= 0.6 is 22.6 Å². The van der Waals surface area contributed by atoms with Gasteiger partial charge in [0.1, 0.15) is 6.04 Å². The van der Waals surface area contributed by atoms with Gasteiger partial charge in [-0.2, -0.15) is 0 Å². The van der Waals surface area contributed by atoms with Crippen molar-refractivity contribution in [3.8, 4) is 0 Å². The number of nitrogens with zero attached hydrogens (tertiary/aromatic N) is 1. The molecule has 172 valence electrons. The Bertz CT molecular complexity index is 729. The van der Waals surface area contributed by atoms with Crippen LogP contribution in [-0.2, 0) is 4.79 Å². The number of nitrogens with one attached hydrogen (secondary N) is 1. The summed E-state index contributed by atoms with van der Waals surface area (Å²) >= 11 is 2.22. The molecule has 0 radical (unpaired) electrons. The first-order chi connectivity index (χ1) is 15.0. The van der Waals surface area contributed by atoms with Crippen LogP contribution in [-0.4, -0.2) is 40.9 Å². The van der Waals surface area contributed by atoms with Gasteiger partial charge in [-0.3, -0.25) is 9.59 Å². The number of carbonyl (C=O) groups is 2. The molecule has 0 heterocycles. The zero-order valence-corrected chi connectivity index (χ0v) is 21.0. The third-order valence-electron chi connectivity index (χ3n) is 6.85. The van der Waals surface area contributed by atoms with Gasteiger partial charge >= 0.3 is 0 Å². The molecule has 31 heavy (non-hydrogen) atoms. The normalized spacial score (nSPS) is 20.1. The van der Waals surface area contributed by atoms with Crippen molar-refractivity contribution in [3.63, 3.8) is 0 Å². The fraction of sp³-hybridized carbons (Fsp3) is 0.680. The summed E-state index contributed by atoms with van der Waals surface area (Å²) in [7, 11) is 0. The van der Waals surface area contributed by atoms with Crippen LogP contribution in [0.5, 0.6) is 0 Å². The SMILES string of the molecule is CCCC(N)C(C(=O)NC1CCCCC1)N(C(=O)c1ccccc1I)C1CCCCC1. The van der Waals surface area contributed by atoms with E-state index in [1.165, 1.54) is 12.8 Å². The molecule has 2 amide bonds. The lowest BCUT2D eigenvalue weighted by atomic mass is 9.89. The van der Waals surface area contributed by atoms with E-state index in [0.29, 0.717) is 5.56 Å². The number of rotatable bonds is 8. The average Bonchev–Trinajstić information content (AvgIpc) is 2.78. The van der Waals surface area contributed by atoms with Crippen molar-refractivity contribution in [2.24, 2.45) is 5.73 Å². The van der Waals surface area contributed by atoms with Gasteiger partial charge in [-0.25, -0.2) is 0 Å². The van der Waals surface area contributed by atoms with Gasteiger partial charge in [-0.1, -0.05) is 64.0 Å². The zero-order valence-electron chi connectivity index (χ0n) is 18.8. The molecule has 5 nitrogen and oxygen atoms in total. The molecule has 0 spiro atoms. The van der Waals surface area contributed by atoms with Crippen molar-refractivity contribution in [1.29, 1.82) is 0 Å². The second-order valence-corrected chi connectivity index (χ2v) is 10.4. The van der Waals surface area contributed by atoms with Crippen molar-refractivity contribution in [1.82, 2.24) is 10.2 Å². The van der Waals surface area contributed by atoms with Gasteiger partial charge in [-0.15, -0.1) is 0 Å². The van der Waals surface area contributed by atoms with E-state index in [-0.39, 0.29) is 29.9 Å². The molecule has 1 aromatic rings. The van der Waals surface area contributed by atoms with Crippen LogP contribution in [0.25, 0.3) is 0 Å². The van der Waals surface area contributed by atoms with Crippen molar-refractivity contribution < 1.29 is 9.59 Å². The Morgan fingerprint density at radius 3 is 2.29 bits per heavy atom. The van der Waals surface area contributed by atoms with Crippen LogP contribution in [0.4, 0.5) is 0 Å². The predicted octanol–water partition coefficient (Wildman–Crippen LogP) is 5.01. The van der Waals surface area contributed by atoms with E-state index in [1.807, 2.05) is 29.2 Å². The maximum Gasteiger partial charge on any atom is 0.255 e. The molecule has 0 aromatic heterocycles. The number of halogens is 1. The maximum absolute atomic E-state index is 13.9. The molecule has 2 fully saturated rings. The minimum Gasteiger partial charge on any atom is -0.352 e. The van der Waals surface area contributed by atoms with E-state index >= 15 is 0 Å². The Hall–Kier alpha value is -1.15. The van der Waals surface area contributed by atoms with Crippen LogP contribution in [0.15, 0.2) is 24.3 Å². The molecule has 0 saturated heterocycles. The van der Waals surface area contributed by atoms with E-state index in [2.05, 4.69) is 34.8 Å². The predicted molar refractivity (Wildman–Crippen MR) is 134 cm³/mol. The lowest BCUT2D eigenvalue weighted by Gasteiger charge is -2.42. The van der Waals surface area contributed by atoms with E-state index < -0.39 is 6.04 Å². The molecule has 2 aliphatic carbocycles. The topological polar surface area (TPSA) is 75.4 Å². The summed E-state index contributed by atoms with van der Waals surface area (Å²) in [6, 6.07) is 6.98. The number of nitrogens with two attached hydrogens (primary N) is 1. The molecular weight excluding hydrogens is 501 g/mol. The molecule has 6 heteroatoms. The van der Waals surface area contributed by atoms with E-state index in [1.54, 1.807) is 0 Å². The highest BCUT2D eigenvalue weighted by Gasteiger charge is 2.40. The van der Waals surface area contributed by atoms with E-state index in [9.17, 15) is 9.59 Å². The van der Waals surface area contributed by atoms with Crippen molar-refractivity contribution in [2.45, 2.75) is 108 Å². The molecule has 0 aliphatic heterocycles. The number of hydrogen-bond donors (Lipinski definition) is 2. The van der Waals surface area contributed by atoms with Crippen molar-refractivity contribution in [3.05, 3.63) is 33.4 Å². The summed E-state index contributed by atoms with van der Waals surface area (Å²) < 4.78 is 0.918. The number of amides is 2. The highest BCUT2D eigenvalue weighted by atomic mass is 127. The first kappa shape index (κ1) is 24.5. The fourth-order valence-electron chi connectivity index (χ4n) is 5.20. The first-order valence-electron chi connectivity index (χ1n) is 12.2. The smallest absolute Gasteiger partial charge is 0.255 e. The van der Waals surface area contributed by atoms with Gasteiger partial charge in [0.15, 0.2) is 0 Å². The highest BCUT2D eigenvalue weighted by Crippen LogP contribution is 2.29. The Balaban J connectivity index is 1.93. The maximum atomic E-state index is 13.9. The second-order valence-electron chi connectivity index (χ2n) is 9.22. The first-order valence-corrected chi connectivity index (χ1v) is 13.2. The van der Waals surface area contributed by atoms with Gasteiger partial charge in [0.2, 0.25) is 5.91 Å². The van der Waals surface area contributed by atoms with Crippen LogP contribution in [0.3, 0.4) is 0 Å². The van der Waals surface area contributed by atoms with Crippen LogP contribution in [0, 0.1) is 3.57 Å². The molecule has 3 N–H and O–H groups in total. The van der Waals surface area contributed by atoms with Crippen LogP contribution in [0.2, 0.25) is 0 Å². The summed E-state index contributed by atoms with van der Waals surface area (Å²) in [4.78, 5) is 29.4. The average molecular weight is 540 g/mol. The molecule has 2 unspecified atom stereocenters. The molecule has 2 saturated carbocycles. The highest BCUT2D eigenvalue weighted by molar-refractivity contribution is 14.1. The van der Waals surface area contributed by atoms with Crippen LogP contribution in [0.1, 0.15) is 94.3 Å². The van der Waals surface area contributed by atoms with E-state index in [0.717, 1.165) is 67.8 Å². The minimum atomic E-state index is -0.617. The fourth-order valence-corrected chi connectivity index (χ4v) is 5.82. The molecule has 3 rings (SSSR count). The molecule has 0 bridgehead atoms. The van der Waals surface area contributed by atoms with Gasteiger partial charge in [0.05, 0.1) is 5.56 Å². The van der Waals surface area contributed by atoms with Gasteiger partial charge in [0.25, 0.3) is 5.91 Å². The standard InChI is InChI=1S/C25H38IN3O2/c1-2-11-22(27)23(24(30)28-18-12-5-3-6-13-18)29(19-14-7-4-8-15-19)25(31)20-16-9-10-17-21(20)26/h9-10,16-19,22-23H,2-8,11-15,27H2,1H3,(H,28,30). The Morgan fingerprint density at radius 1 is 1.06 bits per heavy atom. The van der Waals surface area contributed by atoms with Crippen LogP contribution < -0.4 is 11.1 Å². The Morgan fingerprint density at radius 2 is 1.68 bits per heavy atom.